The summed E-state index contributed by atoms with van der Waals surface area (Å²) in [5.41, 5.74) is 0. The molecule has 0 aliphatic heterocycles. The minimum Gasteiger partial charge on any atom is -0.294 e. The number of benzene rings is 1. The smallest absolute Gasteiger partial charge is 0.233 e. The third-order valence-electron chi connectivity index (χ3n) is 1.62. The Bertz CT molecular complexity index is 418. The van der Waals surface area contributed by atoms with Crippen molar-refractivity contribution in [2.45, 2.75) is 4.90 Å². The van der Waals surface area contributed by atoms with Gasteiger partial charge in [-0.2, -0.15) is 0 Å². The van der Waals surface area contributed by atoms with E-state index in [1.54, 1.807) is 12.4 Å². The molecule has 2 rings (SSSR count). The predicted molar refractivity (Wildman–Crippen MR) is 63.0 cm³/mol. The number of nitrogens with one attached hydrogen (secondary N) is 1. The molecule has 15 heavy (non-hydrogen) atoms. The van der Waals surface area contributed by atoms with Crippen molar-refractivity contribution in [3.63, 3.8) is 0 Å². The Morgan fingerprint density at radius 2 is 1.73 bits per heavy atom. The molecule has 0 aliphatic rings. The number of hydrogen-bond donors (Lipinski definition) is 1. The molecule has 0 radical (unpaired) electrons. The molecule has 0 saturated carbocycles. The fourth-order valence-corrected chi connectivity index (χ4v) is 1.66. The van der Waals surface area contributed by atoms with Crippen LogP contribution in [-0.4, -0.2) is 9.97 Å². The molecule has 76 valence electrons. The molecular formula is C10H8ClN3S. The molecule has 1 aromatic carbocycles. The maximum Gasteiger partial charge on any atom is 0.233 e. The van der Waals surface area contributed by atoms with Crippen LogP contribution in [0.4, 0.5) is 5.95 Å². The molecule has 1 aromatic heterocycles. The summed E-state index contributed by atoms with van der Waals surface area (Å²) in [7, 11) is 0. The lowest BCUT2D eigenvalue weighted by molar-refractivity contribution is 1.18. The van der Waals surface area contributed by atoms with Crippen molar-refractivity contribution < 1.29 is 0 Å². The van der Waals surface area contributed by atoms with Crippen LogP contribution in [0.3, 0.4) is 0 Å². The monoisotopic (exact) mass is 237 g/mol. The lowest BCUT2D eigenvalue weighted by Crippen LogP contribution is -1.92. The summed E-state index contributed by atoms with van der Waals surface area (Å²) in [4.78, 5) is 9.14. The second-order valence-corrected chi connectivity index (χ2v) is 4.06. The Balaban J connectivity index is 1.96. The average molecular weight is 238 g/mol. The Morgan fingerprint density at radius 1 is 1.07 bits per heavy atom. The predicted octanol–water partition coefficient (Wildman–Crippen LogP) is 3.25. The number of hydrogen-bond acceptors (Lipinski definition) is 4. The maximum absolute atomic E-state index is 5.67. The van der Waals surface area contributed by atoms with Gasteiger partial charge in [0.2, 0.25) is 5.95 Å². The van der Waals surface area contributed by atoms with Gasteiger partial charge in [-0.25, -0.2) is 9.97 Å². The normalized spacial score (nSPS) is 9.93. The minimum absolute atomic E-state index is 0.533. The van der Waals surface area contributed by atoms with E-state index in [1.807, 2.05) is 30.3 Å². The van der Waals surface area contributed by atoms with E-state index in [1.165, 1.54) is 11.9 Å². The topological polar surface area (TPSA) is 37.8 Å². The van der Waals surface area contributed by atoms with Gasteiger partial charge in [0.15, 0.2) is 0 Å². The highest BCUT2D eigenvalue weighted by atomic mass is 35.5. The quantitative estimate of drug-likeness (QED) is 0.832. The molecule has 0 atom stereocenters. The van der Waals surface area contributed by atoms with Gasteiger partial charge in [0.05, 0.1) is 17.4 Å². The van der Waals surface area contributed by atoms with Crippen LogP contribution in [-0.2, 0) is 0 Å². The van der Waals surface area contributed by atoms with Crippen LogP contribution in [0, 0.1) is 0 Å². The van der Waals surface area contributed by atoms with Gasteiger partial charge in [0.1, 0.15) is 0 Å². The Morgan fingerprint density at radius 3 is 2.40 bits per heavy atom. The first-order valence-electron chi connectivity index (χ1n) is 4.30. The lowest BCUT2D eigenvalue weighted by Gasteiger charge is -2.02. The Labute approximate surface area is 97.0 Å². The van der Waals surface area contributed by atoms with Gasteiger partial charge in [0, 0.05) is 4.90 Å². The van der Waals surface area contributed by atoms with Crippen LogP contribution < -0.4 is 4.72 Å². The van der Waals surface area contributed by atoms with Crippen molar-refractivity contribution in [2.24, 2.45) is 0 Å². The molecule has 0 aliphatic carbocycles. The zero-order valence-corrected chi connectivity index (χ0v) is 9.29. The highest BCUT2D eigenvalue weighted by molar-refractivity contribution is 8.00. The van der Waals surface area contributed by atoms with E-state index < -0.39 is 0 Å². The molecular weight excluding hydrogens is 230 g/mol. The van der Waals surface area contributed by atoms with Crippen LogP contribution in [0.5, 0.6) is 0 Å². The van der Waals surface area contributed by atoms with Gasteiger partial charge in [-0.05, 0) is 24.1 Å². The number of halogens is 1. The highest BCUT2D eigenvalue weighted by Gasteiger charge is 1.96. The van der Waals surface area contributed by atoms with Gasteiger partial charge >= 0.3 is 0 Å². The molecule has 0 saturated heterocycles. The first kappa shape index (κ1) is 10.3. The zero-order valence-electron chi connectivity index (χ0n) is 7.72. The third-order valence-corrected chi connectivity index (χ3v) is 2.61. The van der Waals surface area contributed by atoms with Gasteiger partial charge in [-0.3, -0.25) is 4.72 Å². The summed E-state index contributed by atoms with van der Waals surface area (Å²) in [6.07, 6.45) is 3.12. The summed E-state index contributed by atoms with van der Waals surface area (Å²) in [5, 5.41) is 0.533. The number of rotatable bonds is 3. The fourth-order valence-electron chi connectivity index (χ4n) is 0.958. The van der Waals surface area contributed by atoms with Crippen LogP contribution in [0.25, 0.3) is 0 Å². The lowest BCUT2D eigenvalue weighted by atomic mass is 10.4. The standard InChI is InChI=1S/C10H8ClN3S/c11-8-6-12-10(13-7-8)14-15-9-4-2-1-3-5-9/h1-7H,(H,12,13,14). The molecule has 5 heteroatoms. The number of nitrogens with zero attached hydrogens (tertiary/aromatic N) is 2. The summed E-state index contributed by atoms with van der Waals surface area (Å²) >= 11 is 7.13. The average Bonchev–Trinajstić information content (AvgIpc) is 2.30. The molecule has 1 N–H and O–H groups in total. The summed E-state index contributed by atoms with van der Waals surface area (Å²) < 4.78 is 3.02. The van der Waals surface area contributed by atoms with Crippen molar-refractivity contribution in [1.29, 1.82) is 0 Å². The van der Waals surface area contributed by atoms with Crippen molar-refractivity contribution >= 4 is 29.5 Å². The summed E-state index contributed by atoms with van der Waals surface area (Å²) in [6.45, 7) is 0. The van der Waals surface area contributed by atoms with E-state index in [-0.39, 0.29) is 0 Å². The second-order valence-electron chi connectivity index (χ2n) is 2.74. The van der Waals surface area contributed by atoms with Crippen LogP contribution in [0.15, 0.2) is 47.6 Å². The fraction of sp³-hybridized carbons (Fsp3) is 0. The molecule has 0 spiro atoms. The summed E-state index contributed by atoms with van der Waals surface area (Å²) in [6, 6.07) is 9.95. The van der Waals surface area contributed by atoms with E-state index in [0.29, 0.717) is 11.0 Å². The summed E-state index contributed by atoms with van der Waals surface area (Å²) in [5.74, 6) is 0.549. The van der Waals surface area contributed by atoms with E-state index in [9.17, 15) is 0 Å². The molecule has 0 amide bonds. The first-order chi connectivity index (χ1) is 7.34. The third kappa shape index (κ3) is 3.11. The Kier molecular flexibility index (Phi) is 3.42. The van der Waals surface area contributed by atoms with E-state index in [2.05, 4.69) is 14.7 Å². The molecule has 0 fully saturated rings. The minimum atomic E-state index is 0.533. The van der Waals surface area contributed by atoms with Crippen molar-refractivity contribution in [3.8, 4) is 0 Å². The van der Waals surface area contributed by atoms with Gasteiger partial charge in [-0.1, -0.05) is 29.8 Å². The van der Waals surface area contributed by atoms with Crippen LogP contribution in [0.1, 0.15) is 0 Å². The molecule has 2 aromatic rings. The van der Waals surface area contributed by atoms with E-state index in [0.717, 1.165) is 4.90 Å². The van der Waals surface area contributed by atoms with E-state index >= 15 is 0 Å². The van der Waals surface area contributed by atoms with Crippen molar-refractivity contribution in [3.05, 3.63) is 47.7 Å². The molecule has 3 nitrogen and oxygen atoms in total. The highest BCUT2D eigenvalue weighted by Crippen LogP contribution is 2.18. The van der Waals surface area contributed by atoms with Crippen molar-refractivity contribution in [1.82, 2.24) is 9.97 Å². The molecule has 0 unspecified atom stereocenters. The van der Waals surface area contributed by atoms with Crippen LogP contribution in [0.2, 0.25) is 5.02 Å². The Hall–Kier alpha value is -1.26. The largest absolute Gasteiger partial charge is 0.294 e. The zero-order chi connectivity index (χ0) is 10.5. The van der Waals surface area contributed by atoms with Gasteiger partial charge < -0.3 is 0 Å². The molecule has 1 heterocycles. The van der Waals surface area contributed by atoms with Gasteiger partial charge in [-0.15, -0.1) is 0 Å². The van der Waals surface area contributed by atoms with E-state index in [4.69, 9.17) is 11.6 Å². The SMILES string of the molecule is Clc1cnc(NSc2ccccc2)nc1. The van der Waals surface area contributed by atoms with Crippen molar-refractivity contribution in [2.75, 3.05) is 4.72 Å². The molecule has 0 bridgehead atoms. The van der Waals surface area contributed by atoms with Crippen LogP contribution >= 0.6 is 23.5 Å². The number of aromatic nitrogens is 2. The number of anilines is 1. The van der Waals surface area contributed by atoms with Gasteiger partial charge in [0.25, 0.3) is 0 Å². The second kappa shape index (κ2) is 5.00. The first-order valence-corrected chi connectivity index (χ1v) is 5.49. The maximum atomic E-state index is 5.67.